The average Bonchev–Trinajstić information content (AvgIpc) is 2.98. The Kier molecular flexibility index (Phi) is 7.17. The van der Waals surface area contributed by atoms with Gasteiger partial charge in [-0.05, 0) is 81.2 Å². The molecule has 0 aromatic heterocycles. The van der Waals surface area contributed by atoms with E-state index in [4.69, 9.17) is 23.2 Å². The van der Waals surface area contributed by atoms with Crippen molar-refractivity contribution in [3.05, 3.63) is 130 Å². The maximum atomic E-state index is 12.9. The maximum Gasteiger partial charge on any atom is 0.259 e. The van der Waals surface area contributed by atoms with Crippen LogP contribution in [0.25, 0.3) is 32.7 Å². The lowest BCUT2D eigenvalue weighted by molar-refractivity contribution is 0.101. The predicted molar refractivity (Wildman–Crippen MR) is 169 cm³/mol. The van der Waals surface area contributed by atoms with E-state index in [1.807, 2.05) is 48.5 Å². The highest BCUT2D eigenvalue weighted by molar-refractivity contribution is 6.35. The normalized spacial score (nSPS) is 11.0. The van der Waals surface area contributed by atoms with Crippen molar-refractivity contribution >= 4 is 67.9 Å². The number of phenolic OH excluding ortho intramolecular Hbond substituents is 2. The van der Waals surface area contributed by atoms with Crippen LogP contribution >= 0.6 is 23.2 Å². The minimum Gasteiger partial charge on any atom is -0.507 e. The van der Waals surface area contributed by atoms with Gasteiger partial charge in [-0.2, -0.15) is 0 Å². The molecule has 0 heterocycles. The number of amides is 2. The molecule has 42 heavy (non-hydrogen) atoms. The van der Waals surface area contributed by atoms with Crippen molar-refractivity contribution < 1.29 is 19.8 Å². The van der Waals surface area contributed by atoms with Crippen LogP contribution < -0.4 is 10.6 Å². The van der Waals surface area contributed by atoms with E-state index >= 15 is 0 Å². The molecule has 0 spiro atoms. The number of halogens is 2. The Balaban J connectivity index is 1.19. The molecule has 0 aliphatic rings. The number of anilines is 2. The van der Waals surface area contributed by atoms with E-state index in [9.17, 15) is 19.8 Å². The molecule has 6 nitrogen and oxygen atoms in total. The number of hydrogen-bond acceptors (Lipinski definition) is 4. The fraction of sp³-hybridized carbons (Fsp3) is 0. The third kappa shape index (κ3) is 5.33. The summed E-state index contributed by atoms with van der Waals surface area (Å²) in [6.45, 7) is 0. The van der Waals surface area contributed by atoms with Gasteiger partial charge in [-0.1, -0.05) is 83.9 Å². The molecule has 6 aromatic rings. The fourth-order valence-corrected chi connectivity index (χ4v) is 5.25. The van der Waals surface area contributed by atoms with E-state index < -0.39 is 11.8 Å². The van der Waals surface area contributed by atoms with Crippen LogP contribution in [0.5, 0.6) is 11.5 Å². The van der Waals surface area contributed by atoms with Crippen molar-refractivity contribution in [1.29, 1.82) is 0 Å². The molecule has 0 fully saturated rings. The van der Waals surface area contributed by atoms with Crippen molar-refractivity contribution in [2.24, 2.45) is 0 Å². The Hall–Kier alpha value is -5.04. The number of aromatic hydroxyl groups is 2. The number of benzene rings is 6. The van der Waals surface area contributed by atoms with E-state index in [0.29, 0.717) is 21.4 Å². The Morgan fingerprint density at radius 3 is 1.21 bits per heavy atom. The van der Waals surface area contributed by atoms with Gasteiger partial charge in [0.15, 0.2) is 0 Å². The average molecular weight is 593 g/mol. The summed E-state index contributed by atoms with van der Waals surface area (Å²) in [6.07, 6.45) is 0. The van der Waals surface area contributed by atoms with Gasteiger partial charge in [-0.25, -0.2) is 0 Å². The molecular weight excluding hydrogens is 571 g/mol. The summed E-state index contributed by atoms with van der Waals surface area (Å²) in [6, 6.07) is 31.5. The molecule has 0 unspecified atom stereocenters. The van der Waals surface area contributed by atoms with E-state index in [1.165, 1.54) is 0 Å². The Morgan fingerprint density at radius 2 is 0.857 bits per heavy atom. The first-order chi connectivity index (χ1) is 20.3. The molecule has 0 saturated heterocycles. The van der Waals surface area contributed by atoms with E-state index in [1.54, 1.807) is 60.7 Å². The van der Waals surface area contributed by atoms with Crippen molar-refractivity contribution in [3.63, 3.8) is 0 Å². The topological polar surface area (TPSA) is 98.7 Å². The summed E-state index contributed by atoms with van der Waals surface area (Å²) in [5, 5.41) is 30.2. The van der Waals surface area contributed by atoms with Gasteiger partial charge in [-0.3, -0.25) is 9.59 Å². The number of rotatable bonds is 5. The number of nitrogens with one attached hydrogen (secondary N) is 2. The van der Waals surface area contributed by atoms with Crippen LogP contribution in [0.3, 0.4) is 0 Å². The highest BCUT2D eigenvalue weighted by Crippen LogP contribution is 2.34. The zero-order valence-corrected chi connectivity index (χ0v) is 23.4. The fourth-order valence-electron chi connectivity index (χ4n) is 4.79. The van der Waals surface area contributed by atoms with Crippen LogP contribution in [0, 0.1) is 0 Å². The molecule has 0 aliphatic heterocycles. The first-order valence-electron chi connectivity index (χ1n) is 12.9. The van der Waals surface area contributed by atoms with Crippen LogP contribution in [0.4, 0.5) is 11.4 Å². The standard InChI is InChI=1S/C34H22Cl2N2O4/c35-27-15-23(9-11-29(27)37-33(41)25-13-19-5-1-3-7-21(19)17-31(25)39)24-10-12-30(28(36)16-24)38-34(42)26-14-20-6-2-4-8-22(20)18-32(26)40/h1-18,39-40H,(H,37,41)(H,38,42). The van der Waals surface area contributed by atoms with Gasteiger partial charge < -0.3 is 20.8 Å². The van der Waals surface area contributed by atoms with Gasteiger partial charge in [0, 0.05) is 0 Å². The molecule has 0 bridgehead atoms. The van der Waals surface area contributed by atoms with Gasteiger partial charge in [-0.15, -0.1) is 0 Å². The highest BCUT2D eigenvalue weighted by Gasteiger charge is 2.17. The van der Waals surface area contributed by atoms with E-state index in [2.05, 4.69) is 10.6 Å². The van der Waals surface area contributed by atoms with Crippen LogP contribution in [-0.4, -0.2) is 22.0 Å². The molecule has 2 amide bonds. The SMILES string of the molecule is O=C(Nc1ccc(-c2ccc(NC(=O)c3cc4ccccc4cc3O)c(Cl)c2)cc1Cl)c1cc2ccccc2cc1O. The summed E-state index contributed by atoms with van der Waals surface area (Å²) < 4.78 is 0. The smallest absolute Gasteiger partial charge is 0.259 e. The van der Waals surface area contributed by atoms with E-state index in [0.717, 1.165) is 32.7 Å². The first-order valence-corrected chi connectivity index (χ1v) is 13.7. The minimum absolute atomic E-state index is 0.128. The number of fused-ring (bicyclic) bond motifs is 2. The lowest BCUT2D eigenvalue weighted by Gasteiger charge is -2.13. The van der Waals surface area contributed by atoms with Crippen LogP contribution in [0.1, 0.15) is 20.7 Å². The van der Waals surface area contributed by atoms with Crippen LogP contribution in [0.15, 0.2) is 109 Å². The molecule has 0 radical (unpaired) electrons. The molecule has 0 saturated carbocycles. The van der Waals surface area contributed by atoms with E-state index in [-0.39, 0.29) is 22.6 Å². The third-order valence-electron chi connectivity index (χ3n) is 6.99. The molecule has 8 heteroatoms. The second kappa shape index (κ2) is 11.1. The van der Waals surface area contributed by atoms with Crippen molar-refractivity contribution in [2.75, 3.05) is 10.6 Å². The van der Waals surface area contributed by atoms with Gasteiger partial charge in [0.25, 0.3) is 11.8 Å². The summed E-state index contributed by atoms with van der Waals surface area (Å²) in [5.41, 5.74) is 2.49. The summed E-state index contributed by atoms with van der Waals surface area (Å²) in [5.74, 6) is -1.24. The second-order valence-electron chi connectivity index (χ2n) is 9.73. The number of phenols is 2. The largest absolute Gasteiger partial charge is 0.507 e. The van der Waals surface area contributed by atoms with Crippen molar-refractivity contribution in [1.82, 2.24) is 0 Å². The Labute approximate surface area is 250 Å². The second-order valence-corrected chi connectivity index (χ2v) is 10.5. The molecule has 6 rings (SSSR count). The van der Waals surface area contributed by atoms with Crippen molar-refractivity contribution in [3.8, 4) is 22.6 Å². The molecule has 6 aromatic carbocycles. The number of carbonyl (C=O) groups excluding carboxylic acids is 2. The van der Waals surface area contributed by atoms with Gasteiger partial charge >= 0.3 is 0 Å². The van der Waals surface area contributed by atoms with Crippen LogP contribution in [0.2, 0.25) is 10.0 Å². The highest BCUT2D eigenvalue weighted by atomic mass is 35.5. The van der Waals surface area contributed by atoms with Gasteiger partial charge in [0.1, 0.15) is 11.5 Å². The number of carbonyl (C=O) groups is 2. The lowest BCUT2D eigenvalue weighted by atomic mass is 10.0. The molecule has 0 aliphatic carbocycles. The summed E-state index contributed by atoms with van der Waals surface area (Å²) >= 11 is 13.0. The van der Waals surface area contributed by atoms with Gasteiger partial charge in [0.2, 0.25) is 0 Å². The lowest BCUT2D eigenvalue weighted by Crippen LogP contribution is -2.12. The Morgan fingerprint density at radius 1 is 0.500 bits per heavy atom. The summed E-state index contributed by atoms with van der Waals surface area (Å²) in [4.78, 5) is 25.9. The zero-order chi connectivity index (χ0) is 29.4. The molecule has 206 valence electrons. The zero-order valence-electron chi connectivity index (χ0n) is 21.9. The number of hydrogen-bond donors (Lipinski definition) is 4. The summed E-state index contributed by atoms with van der Waals surface area (Å²) in [7, 11) is 0. The Bertz CT molecular complexity index is 1890. The van der Waals surface area contributed by atoms with Gasteiger partial charge in [0.05, 0.1) is 32.5 Å². The molecule has 0 atom stereocenters. The maximum absolute atomic E-state index is 12.9. The minimum atomic E-state index is -0.492. The molecule has 4 N–H and O–H groups in total. The van der Waals surface area contributed by atoms with Crippen molar-refractivity contribution in [2.45, 2.75) is 0 Å². The predicted octanol–water partition coefficient (Wildman–Crippen LogP) is 8.88. The monoisotopic (exact) mass is 592 g/mol. The first kappa shape index (κ1) is 27.1. The molecular formula is C34H22Cl2N2O4. The third-order valence-corrected chi connectivity index (χ3v) is 7.61. The van der Waals surface area contributed by atoms with Crippen LogP contribution in [-0.2, 0) is 0 Å². The quantitative estimate of drug-likeness (QED) is 0.160.